The zero-order valence-corrected chi connectivity index (χ0v) is 12.3. The number of hydrogen-bond acceptors (Lipinski definition) is 5. The summed E-state index contributed by atoms with van der Waals surface area (Å²) in [6, 6.07) is 6.63. The van der Waals surface area contributed by atoms with Crippen molar-refractivity contribution in [3.8, 4) is 0 Å². The molecule has 1 aromatic carbocycles. The number of carboxylic acid groups (broad SMARTS) is 1. The van der Waals surface area contributed by atoms with Gasteiger partial charge in [0.2, 0.25) is 5.91 Å². The van der Waals surface area contributed by atoms with Gasteiger partial charge in [0.25, 0.3) is 5.56 Å². The minimum absolute atomic E-state index is 0.0490. The Morgan fingerprint density at radius 3 is 2.65 bits per heavy atom. The molecule has 23 heavy (non-hydrogen) atoms. The highest BCUT2D eigenvalue weighted by molar-refractivity contribution is 5.77. The average Bonchev–Trinajstić information content (AvgIpc) is 2.51. The Bertz CT molecular complexity index is 837. The lowest BCUT2D eigenvalue weighted by molar-refractivity contribution is -0.305. The first kappa shape index (κ1) is 16.5. The minimum Gasteiger partial charge on any atom is -0.550 e. The second-order valence-corrected chi connectivity index (χ2v) is 5.01. The molecule has 122 valence electrons. The molecule has 0 aliphatic heterocycles. The maximum absolute atomic E-state index is 12.2. The minimum atomic E-state index is -1.17. The lowest BCUT2D eigenvalue weighted by Crippen LogP contribution is -2.37. The summed E-state index contributed by atoms with van der Waals surface area (Å²) < 4.78 is 0.975. The van der Waals surface area contributed by atoms with Crippen LogP contribution in [0.5, 0.6) is 0 Å². The molecule has 0 fully saturated rings. The molecule has 2 aromatic rings. The Labute approximate surface area is 130 Å². The van der Waals surface area contributed by atoms with E-state index in [4.69, 9.17) is 0 Å². The van der Waals surface area contributed by atoms with E-state index in [-0.39, 0.29) is 38.3 Å². The second-order valence-electron chi connectivity index (χ2n) is 5.01. The number of nitrogens with one attached hydrogen (secondary N) is 2. The van der Waals surface area contributed by atoms with E-state index in [0.717, 1.165) is 4.57 Å². The first-order chi connectivity index (χ1) is 11.0. The highest BCUT2D eigenvalue weighted by Crippen LogP contribution is 2.03. The number of carboxylic acids is 1. The topological polar surface area (TPSA) is 124 Å². The van der Waals surface area contributed by atoms with Crippen molar-refractivity contribution in [3.05, 3.63) is 45.1 Å². The highest BCUT2D eigenvalue weighted by Gasteiger charge is 2.09. The van der Waals surface area contributed by atoms with Gasteiger partial charge in [-0.25, -0.2) is 4.79 Å². The second kappa shape index (κ2) is 7.39. The van der Waals surface area contributed by atoms with E-state index in [1.165, 1.54) is 0 Å². The lowest BCUT2D eigenvalue weighted by Gasteiger charge is -2.08. The van der Waals surface area contributed by atoms with Gasteiger partial charge >= 0.3 is 5.69 Å². The summed E-state index contributed by atoms with van der Waals surface area (Å²) in [4.78, 5) is 48.6. The van der Waals surface area contributed by atoms with Crippen molar-refractivity contribution in [2.24, 2.45) is 0 Å². The molecule has 2 N–H and O–H groups in total. The third kappa shape index (κ3) is 4.29. The normalized spacial score (nSPS) is 10.6. The molecule has 0 spiro atoms. The Balaban J connectivity index is 1.99. The number of nitrogens with zero attached hydrogens (tertiary/aromatic N) is 1. The first-order valence-corrected chi connectivity index (χ1v) is 7.17. The van der Waals surface area contributed by atoms with E-state index in [2.05, 4.69) is 10.3 Å². The van der Waals surface area contributed by atoms with E-state index >= 15 is 0 Å². The van der Waals surface area contributed by atoms with Gasteiger partial charge < -0.3 is 20.2 Å². The molecule has 0 radical (unpaired) electrons. The van der Waals surface area contributed by atoms with Gasteiger partial charge in [-0.15, -0.1) is 0 Å². The molecule has 0 saturated carbocycles. The van der Waals surface area contributed by atoms with Crippen molar-refractivity contribution < 1.29 is 14.7 Å². The number of benzene rings is 1. The van der Waals surface area contributed by atoms with E-state index in [1.54, 1.807) is 24.3 Å². The highest BCUT2D eigenvalue weighted by atomic mass is 16.4. The largest absolute Gasteiger partial charge is 0.550 e. The number of fused-ring (bicyclic) bond motifs is 1. The number of para-hydroxylation sites is 1. The number of carbonyl (C=O) groups excluding carboxylic acids is 2. The standard InChI is InChI=1S/C15H17N3O5/c19-12(16-8-3-6-13(20)21)7-9-18-14(22)10-4-1-2-5-11(10)17-15(18)23/h1-2,4-5H,3,6-9H2,(H,16,19)(H,17,23)(H,20,21)/p-1. The summed E-state index contributed by atoms with van der Waals surface area (Å²) in [6.45, 7) is 0.154. The zero-order chi connectivity index (χ0) is 16.8. The van der Waals surface area contributed by atoms with Gasteiger partial charge in [-0.2, -0.15) is 0 Å². The quantitative estimate of drug-likeness (QED) is 0.616. The van der Waals surface area contributed by atoms with Gasteiger partial charge in [0.05, 0.1) is 10.9 Å². The Kier molecular flexibility index (Phi) is 5.29. The monoisotopic (exact) mass is 318 g/mol. The maximum atomic E-state index is 12.2. The van der Waals surface area contributed by atoms with Crippen LogP contribution in [0.1, 0.15) is 19.3 Å². The Morgan fingerprint density at radius 2 is 1.91 bits per heavy atom. The molecule has 0 aliphatic rings. The van der Waals surface area contributed by atoms with Crippen LogP contribution in [0.25, 0.3) is 10.9 Å². The Morgan fingerprint density at radius 1 is 1.17 bits per heavy atom. The number of aliphatic carboxylic acids is 1. The van der Waals surface area contributed by atoms with Crippen molar-refractivity contribution in [1.29, 1.82) is 0 Å². The summed E-state index contributed by atoms with van der Waals surface area (Å²) in [5, 5.41) is 13.1. The number of H-pyrrole nitrogens is 1. The van der Waals surface area contributed by atoms with Crippen LogP contribution in [0.15, 0.2) is 33.9 Å². The van der Waals surface area contributed by atoms with E-state index in [9.17, 15) is 24.3 Å². The summed E-state index contributed by atoms with van der Waals surface area (Å²) in [7, 11) is 0. The first-order valence-electron chi connectivity index (χ1n) is 7.17. The number of aromatic nitrogens is 2. The molecule has 0 unspecified atom stereocenters. The van der Waals surface area contributed by atoms with Crippen molar-refractivity contribution in [3.63, 3.8) is 0 Å². The zero-order valence-electron chi connectivity index (χ0n) is 12.3. The van der Waals surface area contributed by atoms with Crippen LogP contribution in [0.4, 0.5) is 0 Å². The molecule has 1 aromatic heterocycles. The van der Waals surface area contributed by atoms with Gasteiger partial charge in [0, 0.05) is 25.5 Å². The molecular weight excluding hydrogens is 302 g/mol. The molecular formula is C15H16N3O5-. The third-order valence-corrected chi connectivity index (χ3v) is 3.33. The number of rotatable bonds is 7. The van der Waals surface area contributed by atoms with Crippen LogP contribution in [0, 0.1) is 0 Å². The lowest BCUT2D eigenvalue weighted by atomic mass is 10.2. The molecule has 0 bridgehead atoms. The van der Waals surface area contributed by atoms with Crippen LogP contribution >= 0.6 is 0 Å². The molecule has 0 atom stereocenters. The van der Waals surface area contributed by atoms with Gasteiger partial charge in [0.1, 0.15) is 0 Å². The summed E-state index contributed by atoms with van der Waals surface area (Å²) in [5.74, 6) is -1.53. The van der Waals surface area contributed by atoms with Crippen molar-refractivity contribution in [1.82, 2.24) is 14.9 Å². The Hall–Kier alpha value is -2.90. The van der Waals surface area contributed by atoms with Gasteiger partial charge in [-0.05, 0) is 25.0 Å². The van der Waals surface area contributed by atoms with E-state index in [1.807, 2.05) is 0 Å². The van der Waals surface area contributed by atoms with E-state index < -0.39 is 17.2 Å². The van der Waals surface area contributed by atoms with Crippen molar-refractivity contribution >= 4 is 22.8 Å². The molecule has 8 heteroatoms. The maximum Gasteiger partial charge on any atom is 0.328 e. The molecule has 8 nitrogen and oxygen atoms in total. The molecule has 0 saturated heterocycles. The number of aromatic amines is 1. The van der Waals surface area contributed by atoms with Crippen LogP contribution in [0.3, 0.4) is 0 Å². The summed E-state index contributed by atoms with van der Waals surface area (Å²) in [5.41, 5.74) is -0.571. The fourth-order valence-corrected chi connectivity index (χ4v) is 2.16. The van der Waals surface area contributed by atoms with Crippen molar-refractivity contribution in [2.45, 2.75) is 25.8 Å². The molecule has 1 heterocycles. The number of hydrogen-bond donors (Lipinski definition) is 2. The van der Waals surface area contributed by atoms with Crippen molar-refractivity contribution in [2.75, 3.05) is 6.54 Å². The van der Waals surface area contributed by atoms with Gasteiger partial charge in [-0.1, -0.05) is 12.1 Å². The SMILES string of the molecule is O=C([O-])CCCNC(=O)CCn1c(=O)[nH]c2ccccc2c1=O. The summed E-state index contributed by atoms with van der Waals surface area (Å²) >= 11 is 0. The fraction of sp³-hybridized carbons (Fsp3) is 0.333. The molecule has 0 aliphatic carbocycles. The van der Waals surface area contributed by atoms with Crippen LogP contribution in [-0.4, -0.2) is 28.0 Å². The third-order valence-electron chi connectivity index (χ3n) is 3.33. The number of amides is 1. The van der Waals surface area contributed by atoms with E-state index in [0.29, 0.717) is 10.9 Å². The molecule has 2 rings (SSSR count). The van der Waals surface area contributed by atoms with Crippen LogP contribution in [0.2, 0.25) is 0 Å². The fourth-order valence-electron chi connectivity index (χ4n) is 2.16. The van der Waals surface area contributed by atoms with Crippen LogP contribution in [-0.2, 0) is 16.1 Å². The predicted octanol–water partition coefficient (Wildman–Crippen LogP) is -1.27. The van der Waals surface area contributed by atoms with Gasteiger partial charge in [0.15, 0.2) is 0 Å². The smallest absolute Gasteiger partial charge is 0.328 e. The molecule has 1 amide bonds. The van der Waals surface area contributed by atoms with Gasteiger partial charge in [-0.3, -0.25) is 14.2 Å². The predicted molar refractivity (Wildman–Crippen MR) is 80.7 cm³/mol. The number of carbonyl (C=O) groups is 2. The average molecular weight is 318 g/mol. The summed E-state index contributed by atoms with van der Waals surface area (Å²) in [6.07, 6.45) is 0.0846. The van der Waals surface area contributed by atoms with Crippen LogP contribution < -0.4 is 21.7 Å².